The van der Waals surface area contributed by atoms with Crippen molar-refractivity contribution < 1.29 is 24.2 Å². The second kappa shape index (κ2) is 9.49. The highest BCUT2D eigenvalue weighted by Crippen LogP contribution is 2.35. The first-order chi connectivity index (χ1) is 14.4. The van der Waals surface area contributed by atoms with Crippen molar-refractivity contribution in [2.75, 3.05) is 20.3 Å². The molecule has 1 amide bonds. The number of thioether (sulfide) groups is 1. The van der Waals surface area contributed by atoms with Crippen LogP contribution in [0.3, 0.4) is 0 Å². The van der Waals surface area contributed by atoms with Crippen LogP contribution in [0.5, 0.6) is 11.5 Å². The molecule has 0 spiro atoms. The lowest BCUT2D eigenvalue weighted by Gasteiger charge is -2.08. The van der Waals surface area contributed by atoms with Crippen LogP contribution in [-0.2, 0) is 9.53 Å². The summed E-state index contributed by atoms with van der Waals surface area (Å²) in [5.41, 5.74) is 1.68. The molecule has 2 aromatic rings. The Kier molecular flexibility index (Phi) is 6.79. The third-order valence-corrected chi connectivity index (χ3v) is 5.23. The summed E-state index contributed by atoms with van der Waals surface area (Å²) in [7, 11) is 1.65. The zero-order chi connectivity index (χ0) is 21.7. The van der Waals surface area contributed by atoms with E-state index in [0.717, 1.165) is 5.56 Å². The number of esters is 1. The molecule has 0 radical (unpaired) electrons. The standard InChI is InChI=1S/C22H22N2O5S/c1-4-28-18-11-14(9-10-17(18)25)12-19-20(26)24(3)22(30-19)23-16-8-6-7-15(13-16)21(27)29-5-2/h6-13,25H,4-5H2,1-3H3. The molecule has 0 bridgehead atoms. The minimum absolute atomic E-state index is 0.0465. The number of carbonyl (C=O) groups excluding carboxylic acids is 2. The van der Waals surface area contributed by atoms with Crippen LogP contribution in [0.1, 0.15) is 29.8 Å². The van der Waals surface area contributed by atoms with Gasteiger partial charge in [-0.15, -0.1) is 0 Å². The van der Waals surface area contributed by atoms with Crippen LogP contribution < -0.4 is 4.74 Å². The van der Waals surface area contributed by atoms with Crippen LogP contribution in [-0.4, -0.2) is 47.3 Å². The largest absolute Gasteiger partial charge is 0.504 e. The first kappa shape index (κ1) is 21.4. The highest BCUT2D eigenvalue weighted by Gasteiger charge is 2.30. The van der Waals surface area contributed by atoms with E-state index in [2.05, 4.69) is 4.99 Å². The lowest BCUT2D eigenvalue weighted by Crippen LogP contribution is -2.23. The molecule has 0 atom stereocenters. The van der Waals surface area contributed by atoms with Gasteiger partial charge in [0.25, 0.3) is 5.91 Å². The van der Waals surface area contributed by atoms with Crippen LogP contribution >= 0.6 is 11.8 Å². The zero-order valence-electron chi connectivity index (χ0n) is 16.9. The maximum absolute atomic E-state index is 12.6. The van der Waals surface area contributed by atoms with Gasteiger partial charge in [0.05, 0.1) is 29.4 Å². The van der Waals surface area contributed by atoms with Crippen molar-refractivity contribution in [1.29, 1.82) is 0 Å². The quantitative estimate of drug-likeness (QED) is 0.550. The lowest BCUT2D eigenvalue weighted by atomic mass is 10.2. The fraction of sp³-hybridized carbons (Fsp3) is 0.227. The molecule has 1 N–H and O–H groups in total. The molecule has 1 saturated heterocycles. The van der Waals surface area contributed by atoms with Crippen molar-refractivity contribution in [2.24, 2.45) is 4.99 Å². The number of phenols is 1. The third-order valence-electron chi connectivity index (χ3n) is 4.17. The van der Waals surface area contributed by atoms with Gasteiger partial charge in [0.15, 0.2) is 16.7 Å². The van der Waals surface area contributed by atoms with Crippen LogP contribution in [0.25, 0.3) is 6.08 Å². The van der Waals surface area contributed by atoms with Gasteiger partial charge in [-0.05, 0) is 67.6 Å². The van der Waals surface area contributed by atoms with Gasteiger partial charge in [-0.2, -0.15) is 0 Å². The summed E-state index contributed by atoms with van der Waals surface area (Å²) in [4.78, 5) is 31.0. The SMILES string of the molecule is CCOC(=O)c1cccc(N=C2SC(=Cc3ccc(O)c(OCC)c3)C(=O)N2C)c1. The molecular formula is C22H22N2O5S. The monoisotopic (exact) mass is 426 g/mol. The van der Waals surface area contributed by atoms with Crippen LogP contribution in [0.4, 0.5) is 5.69 Å². The lowest BCUT2D eigenvalue weighted by molar-refractivity contribution is -0.121. The number of phenolic OH excluding ortho intramolecular Hbond substituents is 1. The topological polar surface area (TPSA) is 88.4 Å². The zero-order valence-corrected chi connectivity index (χ0v) is 17.7. The second-order valence-electron chi connectivity index (χ2n) is 6.30. The molecule has 1 fully saturated rings. The first-order valence-electron chi connectivity index (χ1n) is 9.42. The maximum Gasteiger partial charge on any atom is 0.338 e. The number of aliphatic imine (C=N–C) groups is 1. The summed E-state index contributed by atoms with van der Waals surface area (Å²) in [6, 6.07) is 11.7. The Labute approximate surface area is 179 Å². The number of rotatable bonds is 6. The minimum atomic E-state index is -0.416. The summed E-state index contributed by atoms with van der Waals surface area (Å²) in [5.74, 6) is -0.196. The Balaban J connectivity index is 1.86. The summed E-state index contributed by atoms with van der Waals surface area (Å²) in [6.07, 6.45) is 1.73. The van der Waals surface area contributed by atoms with Crippen molar-refractivity contribution in [3.8, 4) is 11.5 Å². The van der Waals surface area contributed by atoms with Crippen LogP contribution in [0.2, 0.25) is 0 Å². The summed E-state index contributed by atoms with van der Waals surface area (Å²) in [5, 5.41) is 10.3. The molecule has 1 heterocycles. The molecule has 8 heteroatoms. The number of hydrogen-bond acceptors (Lipinski definition) is 7. The molecule has 1 aliphatic heterocycles. The van der Waals surface area contributed by atoms with Crippen molar-refractivity contribution >= 4 is 40.6 Å². The second-order valence-corrected chi connectivity index (χ2v) is 7.31. The van der Waals surface area contributed by atoms with Crippen molar-refractivity contribution in [2.45, 2.75) is 13.8 Å². The Morgan fingerprint density at radius 2 is 2.00 bits per heavy atom. The molecule has 0 aliphatic carbocycles. The molecule has 0 unspecified atom stereocenters. The van der Waals surface area contributed by atoms with Crippen molar-refractivity contribution in [3.05, 3.63) is 58.5 Å². The first-order valence-corrected chi connectivity index (χ1v) is 10.2. The van der Waals surface area contributed by atoms with Crippen molar-refractivity contribution in [1.82, 2.24) is 4.90 Å². The van der Waals surface area contributed by atoms with E-state index >= 15 is 0 Å². The van der Waals surface area contributed by atoms with Crippen LogP contribution in [0, 0.1) is 0 Å². The van der Waals surface area contributed by atoms with E-state index in [1.807, 2.05) is 6.92 Å². The third kappa shape index (κ3) is 4.83. The number of likely N-dealkylation sites (N-methyl/N-ethyl adjacent to an activating group) is 1. The predicted molar refractivity (Wildman–Crippen MR) is 117 cm³/mol. The van der Waals surface area contributed by atoms with Gasteiger partial charge in [-0.1, -0.05) is 12.1 Å². The molecule has 30 heavy (non-hydrogen) atoms. The van der Waals surface area contributed by atoms with Gasteiger partial charge in [-0.25, -0.2) is 9.79 Å². The van der Waals surface area contributed by atoms with Gasteiger partial charge >= 0.3 is 5.97 Å². The van der Waals surface area contributed by atoms with E-state index in [-0.39, 0.29) is 11.7 Å². The number of amidine groups is 1. The van der Waals surface area contributed by atoms with Crippen molar-refractivity contribution in [3.63, 3.8) is 0 Å². The molecule has 2 aromatic carbocycles. The summed E-state index contributed by atoms with van der Waals surface area (Å²) >= 11 is 1.23. The predicted octanol–water partition coefficient (Wildman–Crippen LogP) is 4.20. The number of carbonyl (C=O) groups is 2. The average Bonchev–Trinajstić information content (AvgIpc) is 2.99. The van der Waals surface area contributed by atoms with E-state index in [0.29, 0.717) is 40.3 Å². The van der Waals surface area contributed by atoms with Gasteiger partial charge in [-0.3, -0.25) is 9.69 Å². The molecule has 3 rings (SSSR count). The normalized spacial score (nSPS) is 16.4. The van der Waals surface area contributed by atoms with E-state index in [9.17, 15) is 14.7 Å². The average molecular weight is 426 g/mol. The molecule has 1 aliphatic rings. The molecular weight excluding hydrogens is 404 g/mol. The highest BCUT2D eigenvalue weighted by atomic mass is 32.2. The number of amides is 1. The fourth-order valence-corrected chi connectivity index (χ4v) is 3.71. The van der Waals surface area contributed by atoms with Gasteiger partial charge in [0.1, 0.15) is 0 Å². The molecule has 0 aromatic heterocycles. The van der Waals surface area contributed by atoms with Gasteiger partial charge in [0, 0.05) is 7.05 Å². The highest BCUT2D eigenvalue weighted by molar-refractivity contribution is 8.18. The van der Waals surface area contributed by atoms with E-state index in [4.69, 9.17) is 9.47 Å². The Bertz CT molecular complexity index is 1030. The molecule has 7 nitrogen and oxygen atoms in total. The van der Waals surface area contributed by atoms with E-state index in [1.165, 1.54) is 22.7 Å². The Hall–Kier alpha value is -3.26. The molecule has 0 saturated carbocycles. The Morgan fingerprint density at radius 1 is 1.20 bits per heavy atom. The van der Waals surface area contributed by atoms with E-state index < -0.39 is 5.97 Å². The maximum atomic E-state index is 12.6. The van der Waals surface area contributed by atoms with Gasteiger partial charge < -0.3 is 14.6 Å². The number of hydrogen-bond donors (Lipinski definition) is 1. The fourth-order valence-electron chi connectivity index (χ4n) is 2.72. The summed E-state index contributed by atoms with van der Waals surface area (Å²) < 4.78 is 10.4. The Morgan fingerprint density at radius 3 is 2.73 bits per heavy atom. The smallest absolute Gasteiger partial charge is 0.338 e. The van der Waals surface area contributed by atoms with Crippen LogP contribution in [0.15, 0.2) is 52.4 Å². The van der Waals surface area contributed by atoms with E-state index in [1.54, 1.807) is 56.4 Å². The number of ether oxygens (including phenoxy) is 2. The minimum Gasteiger partial charge on any atom is -0.504 e. The number of aromatic hydroxyl groups is 1. The molecule has 156 valence electrons. The van der Waals surface area contributed by atoms with Gasteiger partial charge in [0.2, 0.25) is 0 Å². The number of benzene rings is 2. The summed E-state index contributed by atoms with van der Waals surface area (Å²) in [6.45, 7) is 4.29. The number of nitrogens with zero attached hydrogens (tertiary/aromatic N) is 2.